The average Bonchev–Trinajstić information content (AvgIpc) is 3.26. The highest BCUT2D eigenvalue weighted by molar-refractivity contribution is 8.00. The van der Waals surface area contributed by atoms with Crippen molar-refractivity contribution in [3.05, 3.63) is 54.5 Å². The number of hydrogen-bond acceptors (Lipinski definition) is 4. The molecule has 6 heteroatoms. The Labute approximate surface area is 157 Å². The van der Waals surface area contributed by atoms with Crippen LogP contribution in [0.1, 0.15) is 12.2 Å². The highest BCUT2D eigenvalue weighted by Gasteiger charge is 2.27. The molecule has 134 valence electrons. The molecule has 3 heterocycles. The quantitative estimate of drug-likeness (QED) is 0.651. The molecule has 1 aliphatic rings. The van der Waals surface area contributed by atoms with E-state index in [1.165, 1.54) is 0 Å². The van der Waals surface area contributed by atoms with Gasteiger partial charge in [0.2, 0.25) is 5.91 Å². The summed E-state index contributed by atoms with van der Waals surface area (Å²) in [5, 5.41) is 0. The molecular weight excluding hydrogens is 344 g/mol. The molecule has 0 bridgehead atoms. The number of fused-ring (bicyclic) bond motifs is 1. The fraction of sp³-hybridized carbons (Fsp3) is 0.350. The van der Waals surface area contributed by atoms with E-state index in [9.17, 15) is 4.79 Å². The van der Waals surface area contributed by atoms with E-state index in [0.717, 1.165) is 47.8 Å². The van der Waals surface area contributed by atoms with Crippen LogP contribution in [0.5, 0.6) is 0 Å². The SMILES string of the molecule is Cn1c(CC2CCN(C(=O)CSc3ccccc3)C2)nc2cccnc21. The van der Waals surface area contributed by atoms with Crippen molar-refractivity contribution in [1.29, 1.82) is 0 Å². The van der Waals surface area contributed by atoms with Gasteiger partial charge in [-0.1, -0.05) is 18.2 Å². The smallest absolute Gasteiger partial charge is 0.232 e. The molecule has 1 aliphatic heterocycles. The molecule has 26 heavy (non-hydrogen) atoms. The molecule has 0 aliphatic carbocycles. The highest BCUT2D eigenvalue weighted by Crippen LogP contribution is 2.24. The monoisotopic (exact) mass is 366 g/mol. The van der Waals surface area contributed by atoms with Crippen molar-refractivity contribution in [3.8, 4) is 0 Å². The topological polar surface area (TPSA) is 51.0 Å². The van der Waals surface area contributed by atoms with Gasteiger partial charge < -0.3 is 9.47 Å². The molecule has 5 nitrogen and oxygen atoms in total. The highest BCUT2D eigenvalue weighted by atomic mass is 32.2. The van der Waals surface area contributed by atoms with E-state index in [1.807, 2.05) is 54.4 Å². The van der Waals surface area contributed by atoms with Crippen LogP contribution in [0.4, 0.5) is 0 Å². The molecule has 1 fully saturated rings. The Balaban J connectivity index is 1.34. The van der Waals surface area contributed by atoms with Crippen LogP contribution in [-0.4, -0.2) is 44.2 Å². The predicted molar refractivity (Wildman–Crippen MR) is 104 cm³/mol. The number of imidazole rings is 1. The lowest BCUT2D eigenvalue weighted by atomic mass is 10.0. The molecular formula is C20H22N4OS. The van der Waals surface area contributed by atoms with Crippen LogP contribution in [0.25, 0.3) is 11.2 Å². The Kier molecular flexibility index (Phi) is 4.93. The Morgan fingerprint density at radius 3 is 2.88 bits per heavy atom. The average molecular weight is 366 g/mol. The normalized spacial score (nSPS) is 17.1. The lowest BCUT2D eigenvalue weighted by molar-refractivity contribution is -0.127. The van der Waals surface area contributed by atoms with Crippen molar-refractivity contribution in [2.75, 3.05) is 18.8 Å². The van der Waals surface area contributed by atoms with Crippen molar-refractivity contribution in [2.45, 2.75) is 17.7 Å². The minimum Gasteiger partial charge on any atom is -0.342 e. The second-order valence-electron chi connectivity index (χ2n) is 6.73. The van der Waals surface area contributed by atoms with Gasteiger partial charge in [0, 0.05) is 37.7 Å². The van der Waals surface area contributed by atoms with Crippen molar-refractivity contribution in [2.24, 2.45) is 13.0 Å². The van der Waals surface area contributed by atoms with E-state index in [-0.39, 0.29) is 5.91 Å². The molecule has 3 aromatic rings. The number of likely N-dealkylation sites (tertiary alicyclic amines) is 1. The molecule has 4 rings (SSSR count). The molecule has 1 saturated heterocycles. The number of rotatable bonds is 5. The summed E-state index contributed by atoms with van der Waals surface area (Å²) in [5.74, 6) is 2.26. The molecule has 1 atom stereocenters. The summed E-state index contributed by atoms with van der Waals surface area (Å²) in [6.07, 6.45) is 3.73. The van der Waals surface area contributed by atoms with Gasteiger partial charge in [-0.25, -0.2) is 9.97 Å². The lowest BCUT2D eigenvalue weighted by Gasteiger charge is -2.16. The van der Waals surface area contributed by atoms with Gasteiger partial charge in [-0.2, -0.15) is 0 Å². The number of amides is 1. The molecule has 0 saturated carbocycles. The first-order valence-corrected chi connectivity index (χ1v) is 9.91. The molecule has 1 amide bonds. The summed E-state index contributed by atoms with van der Waals surface area (Å²) in [4.78, 5) is 24.8. The molecule has 2 aromatic heterocycles. The Hall–Kier alpha value is -2.34. The summed E-state index contributed by atoms with van der Waals surface area (Å²) in [7, 11) is 2.02. The maximum absolute atomic E-state index is 12.5. The molecule has 0 spiro atoms. The number of benzene rings is 1. The third-order valence-corrected chi connectivity index (χ3v) is 5.93. The molecule has 0 N–H and O–H groups in total. The Bertz CT molecular complexity index is 909. The van der Waals surface area contributed by atoms with Gasteiger partial charge in [0.25, 0.3) is 0 Å². The second kappa shape index (κ2) is 7.50. The third-order valence-electron chi connectivity index (χ3n) is 4.94. The van der Waals surface area contributed by atoms with Gasteiger partial charge in [0.15, 0.2) is 5.65 Å². The summed E-state index contributed by atoms with van der Waals surface area (Å²) < 4.78 is 2.07. The van der Waals surface area contributed by atoms with E-state index in [4.69, 9.17) is 4.98 Å². The van der Waals surface area contributed by atoms with Gasteiger partial charge in [-0.05, 0) is 36.6 Å². The minimum atomic E-state index is 0.230. The van der Waals surface area contributed by atoms with Crippen molar-refractivity contribution >= 4 is 28.8 Å². The van der Waals surface area contributed by atoms with Crippen LogP contribution in [0.3, 0.4) is 0 Å². The van der Waals surface area contributed by atoms with Crippen LogP contribution in [0, 0.1) is 5.92 Å². The number of aromatic nitrogens is 3. The number of hydrogen-bond donors (Lipinski definition) is 0. The molecule has 1 aromatic carbocycles. The maximum atomic E-state index is 12.5. The van der Waals surface area contributed by atoms with Crippen LogP contribution in [0.15, 0.2) is 53.6 Å². The van der Waals surface area contributed by atoms with E-state index < -0.39 is 0 Å². The Morgan fingerprint density at radius 1 is 1.23 bits per heavy atom. The first-order chi connectivity index (χ1) is 12.7. The maximum Gasteiger partial charge on any atom is 0.232 e. The zero-order valence-corrected chi connectivity index (χ0v) is 15.7. The van der Waals surface area contributed by atoms with Crippen LogP contribution >= 0.6 is 11.8 Å². The minimum absolute atomic E-state index is 0.230. The number of carbonyl (C=O) groups excluding carboxylic acids is 1. The fourth-order valence-electron chi connectivity index (χ4n) is 3.49. The standard InChI is InChI=1S/C20H22N4OS/c1-23-18(22-17-8-5-10-21-20(17)23)12-15-9-11-24(13-15)19(25)14-26-16-6-3-2-4-7-16/h2-8,10,15H,9,11-14H2,1H3. The van der Waals surface area contributed by atoms with E-state index in [0.29, 0.717) is 11.7 Å². The second-order valence-corrected chi connectivity index (χ2v) is 7.78. The number of carbonyl (C=O) groups is 1. The lowest BCUT2D eigenvalue weighted by Crippen LogP contribution is -2.30. The van der Waals surface area contributed by atoms with Crippen molar-refractivity contribution in [1.82, 2.24) is 19.4 Å². The Morgan fingerprint density at radius 2 is 2.08 bits per heavy atom. The predicted octanol–water partition coefficient (Wildman–Crippen LogP) is 3.15. The zero-order chi connectivity index (χ0) is 17.9. The molecule has 1 unspecified atom stereocenters. The van der Waals surface area contributed by atoms with Crippen LogP contribution < -0.4 is 0 Å². The fourth-order valence-corrected chi connectivity index (χ4v) is 4.31. The largest absolute Gasteiger partial charge is 0.342 e. The van der Waals surface area contributed by atoms with E-state index in [2.05, 4.69) is 9.55 Å². The molecule has 0 radical (unpaired) electrons. The van der Waals surface area contributed by atoms with E-state index >= 15 is 0 Å². The summed E-state index contributed by atoms with van der Waals surface area (Å²) >= 11 is 1.61. The van der Waals surface area contributed by atoms with Gasteiger partial charge in [-0.3, -0.25) is 4.79 Å². The first kappa shape index (κ1) is 17.1. The summed E-state index contributed by atoms with van der Waals surface area (Å²) in [5.41, 5.74) is 1.86. The summed E-state index contributed by atoms with van der Waals surface area (Å²) in [6, 6.07) is 14.0. The summed E-state index contributed by atoms with van der Waals surface area (Å²) in [6.45, 7) is 1.67. The number of pyridine rings is 1. The van der Waals surface area contributed by atoms with Gasteiger partial charge in [0.1, 0.15) is 11.3 Å². The van der Waals surface area contributed by atoms with Crippen molar-refractivity contribution in [3.63, 3.8) is 0 Å². The number of thioether (sulfide) groups is 1. The third kappa shape index (κ3) is 3.60. The van der Waals surface area contributed by atoms with Gasteiger partial charge in [0.05, 0.1) is 5.75 Å². The first-order valence-electron chi connectivity index (χ1n) is 8.92. The zero-order valence-electron chi connectivity index (χ0n) is 14.8. The van der Waals surface area contributed by atoms with Crippen molar-refractivity contribution < 1.29 is 4.79 Å². The van der Waals surface area contributed by atoms with Crippen LogP contribution in [-0.2, 0) is 18.3 Å². The van der Waals surface area contributed by atoms with Gasteiger partial charge in [-0.15, -0.1) is 11.8 Å². The van der Waals surface area contributed by atoms with Crippen LogP contribution in [0.2, 0.25) is 0 Å². The van der Waals surface area contributed by atoms with Gasteiger partial charge >= 0.3 is 0 Å². The number of aryl methyl sites for hydroxylation is 1. The number of nitrogens with zero attached hydrogens (tertiary/aromatic N) is 4. The van der Waals surface area contributed by atoms with E-state index in [1.54, 1.807) is 18.0 Å².